The van der Waals surface area contributed by atoms with Crippen LogP contribution in [0.25, 0.3) is 0 Å². The minimum absolute atomic E-state index is 0. The van der Waals surface area contributed by atoms with Crippen LogP contribution in [0.4, 0.5) is 17.1 Å². The minimum atomic E-state index is -3.69. The van der Waals surface area contributed by atoms with Crippen molar-refractivity contribution < 1.29 is 55.3 Å². The van der Waals surface area contributed by atoms with Crippen LogP contribution in [0.15, 0.2) is 237 Å². The average Bonchev–Trinajstić information content (AvgIpc) is 3.24. The number of aromatic nitrogens is 3. The molecule has 3 aromatic heterocycles. The van der Waals surface area contributed by atoms with Crippen LogP contribution in [0.2, 0.25) is 0 Å². The second-order valence-electron chi connectivity index (χ2n) is 19.0. The van der Waals surface area contributed by atoms with E-state index in [4.69, 9.17) is 1.37 Å². The third-order valence-electron chi connectivity index (χ3n) is 12.7. The largest absolute Gasteiger partial charge is 0.358 e. The molecule has 0 radical (unpaired) electrons. The van der Waals surface area contributed by atoms with Crippen LogP contribution in [-0.4, -0.2) is 70.2 Å². The maximum atomic E-state index is 12.7. The Morgan fingerprint density at radius 3 is 1.19 bits per heavy atom. The number of hydrogen-bond donors (Lipinski definition) is 6. The standard InChI is InChI=1S/C23H26N4O3S.C22H24N4O.C20H20N4O.CH4.CH3.U/c1-3-26(18-21-9-7-8-16-24-21)17-19-12-14-20(15-13-19)23(28)25-27(31(2,29)30)22-10-5-4-6-11-22;1-2-26(17-21-10-6-7-15-23-21)16-18-11-13-19(14-12-18)22(27)25-24-20-8-4-3-5-9-20;25-20(24-23-18-6-2-1-3-7-18)17-11-9-16(10-12-17)14-21-15-19-8-4-5-13-22-19;;;/h4-16H,3,17-18H2,1-2H3,(H,25,28);3-15,24H,2,16-17H2,1H3,(H,25,27);1-13,21,23H,14-15H2,(H,24,25);1H4;1H3;/q;;;;-1;/i;;;1T;;. The predicted molar refractivity (Wildman–Crippen MR) is 342 cm³/mol. The Hall–Kier alpha value is -8.54. The number of amides is 3. The van der Waals surface area contributed by atoms with Crippen molar-refractivity contribution in [2.75, 3.05) is 34.6 Å². The molecule has 6 aromatic carbocycles. The molecule has 9 aromatic rings. The van der Waals surface area contributed by atoms with Gasteiger partial charge in [-0.25, -0.2) is 13.8 Å². The number of benzene rings is 6. The first-order valence-corrected chi connectivity index (χ1v) is 29.0. The summed E-state index contributed by atoms with van der Waals surface area (Å²) in [7, 11) is -2.44. The van der Waals surface area contributed by atoms with Crippen molar-refractivity contribution in [2.24, 2.45) is 0 Å². The number of rotatable bonds is 24. The number of carbonyl (C=O) groups excluding carboxylic acids is 3. The molecule has 0 spiro atoms. The fourth-order valence-corrected chi connectivity index (χ4v) is 8.91. The molecule has 86 heavy (non-hydrogen) atoms. The van der Waals surface area contributed by atoms with Gasteiger partial charge >= 0.3 is 0 Å². The Kier molecular flexibility index (Phi) is 29.9. The number of hydrazine groups is 3. The second kappa shape index (κ2) is 37.7. The van der Waals surface area contributed by atoms with Crippen LogP contribution >= 0.6 is 0 Å². The van der Waals surface area contributed by atoms with Crippen LogP contribution in [0.5, 0.6) is 0 Å². The third-order valence-corrected chi connectivity index (χ3v) is 13.6. The zero-order valence-corrected chi connectivity index (χ0v) is 54.3. The fraction of sp³-hybridized carbons (Fsp3) is 0.179. The monoisotopic (exact) mass is 1400 g/mol. The van der Waals surface area contributed by atoms with Gasteiger partial charge in [-0.1, -0.05) is 130 Å². The SMILES string of the molecule is CCN(Cc1ccc(C(=O)NN(c2ccccc2)S(C)(=O)=O)cc1)Cc1ccccn1.CCN(Cc1ccc(C(=O)NNc2ccccc2)cc1)Cc1ccccn1.O=C(NNc1ccccc1)c1ccc(CNCc2ccccn2)cc1.[3H]C.[CH3-].[U]. The van der Waals surface area contributed by atoms with Gasteiger partial charge in [0.2, 0.25) is 10.0 Å². The van der Waals surface area contributed by atoms with E-state index >= 15 is 0 Å². The van der Waals surface area contributed by atoms with Gasteiger partial charge in [-0.2, -0.15) is 4.41 Å². The van der Waals surface area contributed by atoms with Gasteiger partial charge in [-0.05, 0) is 139 Å². The van der Waals surface area contributed by atoms with Gasteiger partial charge in [-0.15, -0.1) is 0 Å². The Morgan fingerprint density at radius 2 is 0.814 bits per heavy atom. The summed E-state index contributed by atoms with van der Waals surface area (Å²) >= 11 is 0. The van der Waals surface area contributed by atoms with Crippen molar-refractivity contribution in [2.45, 2.75) is 60.5 Å². The molecule has 446 valence electrons. The van der Waals surface area contributed by atoms with E-state index in [1.54, 1.807) is 54.9 Å². The molecule has 3 amide bonds. The summed E-state index contributed by atoms with van der Waals surface area (Å²) in [4.78, 5) is 54.6. The van der Waals surface area contributed by atoms with Gasteiger partial charge in [0.1, 0.15) is 0 Å². The van der Waals surface area contributed by atoms with Crippen molar-refractivity contribution in [1.82, 2.24) is 46.3 Å². The molecule has 3 heterocycles. The van der Waals surface area contributed by atoms with Crippen LogP contribution in [-0.2, 0) is 49.3 Å². The molecule has 0 bridgehead atoms. The number of sulfonamides is 1. The van der Waals surface area contributed by atoms with E-state index in [0.717, 1.165) is 89.5 Å². The van der Waals surface area contributed by atoms with E-state index in [1.807, 2.05) is 182 Å². The maximum absolute atomic E-state index is 12.7. The number of anilines is 3. The molecule has 0 unspecified atom stereocenters. The maximum Gasteiger partial charge on any atom is 0.270 e. The van der Waals surface area contributed by atoms with E-state index in [0.29, 0.717) is 35.5 Å². The number of carbonyl (C=O) groups is 3. The zero-order valence-electron chi connectivity index (χ0n) is 50.3. The molecule has 17 nitrogen and oxygen atoms in total. The molecule has 9 rings (SSSR count). The Bertz CT molecular complexity index is 3470. The van der Waals surface area contributed by atoms with Gasteiger partial charge in [0.05, 0.1) is 40.4 Å². The molecule has 0 fully saturated rings. The molecule has 0 saturated heterocycles. The molecule has 0 aliphatic rings. The van der Waals surface area contributed by atoms with Crippen molar-refractivity contribution in [3.8, 4) is 0 Å². The number of hydrogen-bond acceptors (Lipinski definition) is 13. The van der Waals surface area contributed by atoms with Crippen molar-refractivity contribution >= 4 is 44.8 Å². The van der Waals surface area contributed by atoms with Gasteiger partial charge in [0.15, 0.2) is 0 Å². The molecular weight excluding hydrogens is 1320 g/mol. The van der Waals surface area contributed by atoms with Gasteiger partial charge in [0.25, 0.3) is 17.7 Å². The summed E-state index contributed by atoms with van der Waals surface area (Å²) in [6, 6.07) is 67.6. The average molecular weight is 1400 g/mol. The number of pyridine rings is 3. The number of para-hydroxylation sites is 3. The Morgan fingerprint density at radius 1 is 0.453 bits per heavy atom. The quantitative estimate of drug-likeness (QED) is 0.0246. The van der Waals surface area contributed by atoms with Gasteiger partial charge < -0.3 is 12.7 Å². The summed E-state index contributed by atoms with van der Waals surface area (Å²) in [5, 5.41) is 3.34. The topological polar surface area (TPSA) is 206 Å². The van der Waals surface area contributed by atoms with Crippen LogP contribution < -0.4 is 36.9 Å². The predicted octanol–water partition coefficient (Wildman–Crippen LogP) is 11.3. The smallest absolute Gasteiger partial charge is 0.270 e. The van der Waals surface area contributed by atoms with Crippen LogP contribution in [0.1, 0.15) is 87.5 Å². The molecular formula is C67H77N12O5SU-. The van der Waals surface area contributed by atoms with E-state index in [-0.39, 0.29) is 50.4 Å². The molecule has 0 atom stereocenters. The first kappa shape index (κ1) is 68.2. The van der Waals surface area contributed by atoms with Crippen molar-refractivity contribution in [1.29, 1.82) is 0 Å². The van der Waals surface area contributed by atoms with Gasteiger partial charge in [0, 0.05) is 107 Å². The van der Waals surface area contributed by atoms with Gasteiger partial charge in [-0.3, -0.25) is 60.8 Å². The van der Waals surface area contributed by atoms with Crippen molar-refractivity contribution in [3.05, 3.63) is 295 Å². The molecule has 0 saturated carbocycles. The van der Waals surface area contributed by atoms with E-state index in [9.17, 15) is 22.8 Å². The minimum Gasteiger partial charge on any atom is -0.358 e. The second-order valence-corrected chi connectivity index (χ2v) is 20.8. The first-order valence-electron chi connectivity index (χ1n) is 28.1. The van der Waals surface area contributed by atoms with E-state index < -0.39 is 15.9 Å². The molecule has 6 N–H and O–H groups in total. The zero-order chi connectivity index (χ0) is 60.5. The van der Waals surface area contributed by atoms with Crippen LogP contribution in [0.3, 0.4) is 0 Å². The van der Waals surface area contributed by atoms with E-state index in [1.165, 1.54) is 13.0 Å². The Labute approximate surface area is 532 Å². The van der Waals surface area contributed by atoms with Crippen LogP contribution in [0, 0.1) is 38.5 Å². The third kappa shape index (κ3) is 24.2. The van der Waals surface area contributed by atoms with Crippen molar-refractivity contribution in [3.63, 3.8) is 0 Å². The summed E-state index contributed by atoms with van der Waals surface area (Å²) in [5.74, 6) is -0.829. The molecule has 0 aliphatic heterocycles. The normalized spacial score (nSPS) is 10.5. The summed E-state index contributed by atoms with van der Waals surface area (Å²) in [6.45, 7) is 10.5. The first-order chi connectivity index (χ1) is 41.4. The molecule has 0 aliphatic carbocycles. The van der Waals surface area contributed by atoms with E-state index in [2.05, 4.69) is 71.0 Å². The summed E-state index contributed by atoms with van der Waals surface area (Å²) < 4.78 is 30.9. The fourth-order valence-electron chi connectivity index (χ4n) is 8.16. The summed E-state index contributed by atoms with van der Waals surface area (Å²) in [5.41, 5.74) is 23.7. The Balaban J connectivity index is 0.000000274. The number of nitrogens with zero attached hydrogens (tertiary/aromatic N) is 6. The number of nitrogens with one attached hydrogen (secondary N) is 6. The molecule has 19 heteroatoms. The summed E-state index contributed by atoms with van der Waals surface area (Å²) in [6.07, 6.45) is 6.43.